The van der Waals surface area contributed by atoms with Crippen LogP contribution < -0.4 is 4.90 Å². The lowest BCUT2D eigenvalue weighted by Gasteiger charge is -2.26. The summed E-state index contributed by atoms with van der Waals surface area (Å²) in [5.41, 5.74) is 15.5. The predicted octanol–water partition coefficient (Wildman–Crippen LogP) is 17.5. The fourth-order valence-electron chi connectivity index (χ4n) is 10.2. The van der Waals surface area contributed by atoms with E-state index in [1.54, 1.807) is 0 Å². The summed E-state index contributed by atoms with van der Waals surface area (Å²) in [6, 6.07) is 87.6. The SMILES string of the molecule is c1ccc(-n2c3ccccc3c3ccccc32)c(-c2ccc(-c3ccc(N(c4ccc(-c5cc6ccccc6c6ccccc56)cc4)c4cccc5c4oc4ccccc45)cc3)cc2)c1. The summed E-state index contributed by atoms with van der Waals surface area (Å²) in [6.07, 6.45) is 0. The first-order valence-corrected chi connectivity index (χ1v) is 22.2. The Balaban J connectivity index is 0.883. The van der Waals surface area contributed by atoms with Crippen LogP contribution in [0.3, 0.4) is 0 Å². The van der Waals surface area contributed by atoms with Crippen LogP contribution in [0.1, 0.15) is 0 Å². The second kappa shape index (κ2) is 15.0. The number of para-hydroxylation sites is 5. The number of rotatable bonds is 7. The predicted molar refractivity (Wildman–Crippen MR) is 274 cm³/mol. The molecule has 0 bridgehead atoms. The van der Waals surface area contributed by atoms with Crippen LogP contribution in [0.15, 0.2) is 247 Å². The third-order valence-corrected chi connectivity index (χ3v) is 13.2. The van der Waals surface area contributed by atoms with E-state index in [-0.39, 0.29) is 0 Å². The van der Waals surface area contributed by atoms with Crippen molar-refractivity contribution in [3.8, 4) is 39.1 Å². The lowest BCUT2D eigenvalue weighted by molar-refractivity contribution is 0.669. The highest BCUT2D eigenvalue weighted by molar-refractivity contribution is 6.14. The first-order chi connectivity index (χ1) is 32.2. The topological polar surface area (TPSA) is 21.3 Å². The molecule has 11 aromatic carbocycles. The van der Waals surface area contributed by atoms with E-state index >= 15 is 0 Å². The van der Waals surface area contributed by atoms with Crippen molar-refractivity contribution in [2.45, 2.75) is 0 Å². The summed E-state index contributed by atoms with van der Waals surface area (Å²) < 4.78 is 9.07. The highest BCUT2D eigenvalue weighted by Crippen LogP contribution is 2.44. The average Bonchev–Trinajstić information content (AvgIpc) is 3.93. The minimum atomic E-state index is 0.860. The summed E-state index contributed by atoms with van der Waals surface area (Å²) in [5, 5.41) is 9.75. The van der Waals surface area contributed by atoms with Gasteiger partial charge in [0, 0.05) is 38.5 Å². The number of benzene rings is 11. The summed E-state index contributed by atoms with van der Waals surface area (Å²) in [4.78, 5) is 2.32. The Morgan fingerprint density at radius 3 is 1.52 bits per heavy atom. The zero-order valence-corrected chi connectivity index (χ0v) is 35.4. The van der Waals surface area contributed by atoms with Gasteiger partial charge in [0.2, 0.25) is 0 Å². The van der Waals surface area contributed by atoms with Gasteiger partial charge in [-0.15, -0.1) is 0 Å². The zero-order chi connectivity index (χ0) is 42.8. The monoisotopic (exact) mass is 828 g/mol. The molecule has 65 heavy (non-hydrogen) atoms. The second-order valence-electron chi connectivity index (χ2n) is 16.8. The normalized spacial score (nSPS) is 11.7. The number of furan rings is 1. The number of hydrogen-bond donors (Lipinski definition) is 0. The highest BCUT2D eigenvalue weighted by atomic mass is 16.3. The van der Waals surface area contributed by atoms with Crippen LogP contribution in [0.2, 0.25) is 0 Å². The van der Waals surface area contributed by atoms with Crippen LogP contribution in [0, 0.1) is 0 Å². The van der Waals surface area contributed by atoms with Crippen LogP contribution in [0.4, 0.5) is 17.1 Å². The molecule has 0 spiro atoms. The van der Waals surface area contributed by atoms with Crippen molar-refractivity contribution in [1.82, 2.24) is 4.57 Å². The molecular formula is C62H40N2O. The van der Waals surface area contributed by atoms with Gasteiger partial charge in [-0.25, -0.2) is 0 Å². The Morgan fingerprint density at radius 1 is 0.323 bits per heavy atom. The standard InChI is InChI=1S/C62H40N2O/c1-2-15-48-45(14-1)40-56(51-18-4-3-17-50(48)51)44-34-38-47(39-35-44)63(60-26-13-22-55-54-21-8-12-27-61(54)65-62(55)60)46-36-32-42(33-37-46)41-28-30-43(31-29-41)49-16-5-9-23-57(49)64-58-24-10-6-19-52(58)53-20-7-11-25-59(53)64/h1-40H. The quantitative estimate of drug-likeness (QED) is 0.149. The summed E-state index contributed by atoms with van der Waals surface area (Å²) in [7, 11) is 0. The van der Waals surface area contributed by atoms with Crippen molar-refractivity contribution in [2.24, 2.45) is 0 Å². The van der Waals surface area contributed by atoms with Gasteiger partial charge < -0.3 is 13.9 Å². The van der Waals surface area contributed by atoms with E-state index in [2.05, 4.69) is 246 Å². The van der Waals surface area contributed by atoms with Crippen molar-refractivity contribution in [1.29, 1.82) is 0 Å². The van der Waals surface area contributed by atoms with E-state index in [4.69, 9.17) is 4.42 Å². The van der Waals surface area contributed by atoms with Crippen LogP contribution >= 0.6 is 0 Å². The average molecular weight is 829 g/mol. The molecule has 0 amide bonds. The van der Waals surface area contributed by atoms with E-state index in [1.807, 2.05) is 6.07 Å². The molecule has 2 heterocycles. The number of fused-ring (bicyclic) bond motifs is 9. The molecular weight excluding hydrogens is 789 g/mol. The molecule has 0 aliphatic heterocycles. The molecule has 0 unspecified atom stereocenters. The Kier molecular flexibility index (Phi) is 8.53. The largest absolute Gasteiger partial charge is 0.454 e. The molecule has 0 aliphatic carbocycles. The molecule has 304 valence electrons. The molecule has 13 aromatic rings. The number of nitrogens with zero attached hydrogens (tertiary/aromatic N) is 2. The van der Waals surface area contributed by atoms with E-state index in [0.717, 1.165) is 50.1 Å². The number of aromatic nitrogens is 1. The van der Waals surface area contributed by atoms with Gasteiger partial charge in [-0.3, -0.25) is 0 Å². The maximum absolute atomic E-state index is 6.66. The summed E-state index contributed by atoms with van der Waals surface area (Å²) in [6.45, 7) is 0. The lowest BCUT2D eigenvalue weighted by atomic mass is 9.93. The summed E-state index contributed by atoms with van der Waals surface area (Å²) >= 11 is 0. The van der Waals surface area contributed by atoms with Crippen molar-refractivity contribution >= 4 is 82.4 Å². The van der Waals surface area contributed by atoms with Crippen molar-refractivity contribution in [3.05, 3.63) is 243 Å². The number of anilines is 3. The fourth-order valence-corrected chi connectivity index (χ4v) is 10.2. The second-order valence-corrected chi connectivity index (χ2v) is 16.8. The molecule has 0 aliphatic rings. The third-order valence-electron chi connectivity index (χ3n) is 13.2. The van der Waals surface area contributed by atoms with Gasteiger partial charge in [-0.2, -0.15) is 0 Å². The Morgan fingerprint density at radius 2 is 0.815 bits per heavy atom. The van der Waals surface area contributed by atoms with Crippen LogP contribution in [0.25, 0.3) is 104 Å². The Bertz CT molecular complexity index is 3880. The molecule has 13 rings (SSSR count). The van der Waals surface area contributed by atoms with Crippen LogP contribution in [-0.2, 0) is 0 Å². The van der Waals surface area contributed by atoms with Gasteiger partial charge in [0.05, 0.1) is 22.4 Å². The molecule has 0 saturated heterocycles. The maximum atomic E-state index is 6.66. The van der Waals surface area contributed by atoms with Crippen LogP contribution in [0.5, 0.6) is 0 Å². The van der Waals surface area contributed by atoms with Crippen LogP contribution in [-0.4, -0.2) is 4.57 Å². The first-order valence-electron chi connectivity index (χ1n) is 22.2. The van der Waals surface area contributed by atoms with E-state index in [0.29, 0.717) is 0 Å². The van der Waals surface area contributed by atoms with Gasteiger partial charge in [0.1, 0.15) is 5.58 Å². The molecule has 0 atom stereocenters. The lowest BCUT2D eigenvalue weighted by Crippen LogP contribution is -2.10. The molecule has 0 N–H and O–H groups in total. The molecule has 3 nitrogen and oxygen atoms in total. The zero-order valence-electron chi connectivity index (χ0n) is 35.4. The van der Waals surface area contributed by atoms with Gasteiger partial charge in [-0.05, 0) is 110 Å². The van der Waals surface area contributed by atoms with Gasteiger partial charge in [-0.1, -0.05) is 182 Å². The van der Waals surface area contributed by atoms with Gasteiger partial charge in [0.15, 0.2) is 5.58 Å². The van der Waals surface area contributed by atoms with Gasteiger partial charge in [0.25, 0.3) is 0 Å². The molecule has 0 radical (unpaired) electrons. The molecule has 0 fully saturated rings. The van der Waals surface area contributed by atoms with E-state index in [1.165, 1.54) is 71.3 Å². The minimum absolute atomic E-state index is 0.860. The summed E-state index contributed by atoms with van der Waals surface area (Å²) in [5.74, 6) is 0. The maximum Gasteiger partial charge on any atom is 0.159 e. The van der Waals surface area contributed by atoms with Gasteiger partial charge >= 0.3 is 0 Å². The van der Waals surface area contributed by atoms with Crippen molar-refractivity contribution < 1.29 is 4.42 Å². The minimum Gasteiger partial charge on any atom is -0.454 e. The Labute approximate surface area is 376 Å². The van der Waals surface area contributed by atoms with E-state index < -0.39 is 0 Å². The molecule has 3 heteroatoms. The smallest absolute Gasteiger partial charge is 0.159 e. The highest BCUT2D eigenvalue weighted by Gasteiger charge is 2.21. The van der Waals surface area contributed by atoms with E-state index in [9.17, 15) is 0 Å². The van der Waals surface area contributed by atoms with Crippen molar-refractivity contribution in [3.63, 3.8) is 0 Å². The molecule has 2 aromatic heterocycles. The van der Waals surface area contributed by atoms with Crippen molar-refractivity contribution in [2.75, 3.05) is 4.90 Å². The fraction of sp³-hybridized carbons (Fsp3) is 0. The number of hydrogen-bond acceptors (Lipinski definition) is 2. The first kappa shape index (κ1) is 36.9. The Hall–Kier alpha value is -8.66. The third kappa shape index (κ3) is 6.05. The molecule has 0 saturated carbocycles.